The molecular formula is C22H18Br2F2N2O2. The van der Waals surface area contributed by atoms with Gasteiger partial charge >= 0.3 is 0 Å². The van der Waals surface area contributed by atoms with Crippen LogP contribution in [0.25, 0.3) is 0 Å². The van der Waals surface area contributed by atoms with Gasteiger partial charge < -0.3 is 10.6 Å². The van der Waals surface area contributed by atoms with E-state index in [1.165, 1.54) is 0 Å². The zero-order chi connectivity index (χ0) is 21.3. The molecule has 0 radical (unpaired) electrons. The Hall–Kier alpha value is -1.80. The van der Waals surface area contributed by atoms with Gasteiger partial charge in [-0.05, 0) is 60.4 Å². The molecule has 2 aromatic carbocycles. The summed E-state index contributed by atoms with van der Waals surface area (Å²) in [4.78, 5) is 23.1. The van der Waals surface area contributed by atoms with Crippen molar-refractivity contribution in [3.8, 4) is 0 Å². The van der Waals surface area contributed by atoms with Crippen molar-refractivity contribution in [2.75, 3.05) is 13.1 Å². The molecule has 2 N–H and O–H groups in total. The fourth-order valence-corrected chi connectivity index (χ4v) is 5.28. The molecule has 2 spiro atoms. The van der Waals surface area contributed by atoms with Crippen LogP contribution in [0.1, 0.15) is 44.7 Å². The highest BCUT2D eigenvalue weighted by molar-refractivity contribution is 9.10. The minimum absolute atomic E-state index is 0.0952. The van der Waals surface area contributed by atoms with E-state index in [9.17, 15) is 18.4 Å². The topological polar surface area (TPSA) is 58.2 Å². The molecule has 2 aromatic rings. The average molecular weight is 540 g/mol. The predicted octanol–water partition coefficient (Wildman–Crippen LogP) is 4.34. The number of amides is 2. The Morgan fingerprint density at radius 2 is 1.13 bits per heavy atom. The summed E-state index contributed by atoms with van der Waals surface area (Å²) in [5, 5.41) is 5.49. The SMILES string of the molecule is O=C1NC[C@@]2(C[C@@H]2F)c2cc(Br)ccc21.O=C1NC[C@]2(C[C@H]2F)c2cc(Br)ccc21. The fourth-order valence-electron chi connectivity index (χ4n) is 4.55. The molecule has 2 heterocycles. The third-order valence-electron chi connectivity index (χ3n) is 6.62. The molecule has 2 saturated carbocycles. The zero-order valence-electron chi connectivity index (χ0n) is 15.8. The van der Waals surface area contributed by atoms with Crippen LogP contribution in [0.3, 0.4) is 0 Å². The van der Waals surface area contributed by atoms with Gasteiger partial charge in [0.2, 0.25) is 0 Å². The molecule has 8 heteroatoms. The maximum Gasteiger partial charge on any atom is 0.251 e. The lowest BCUT2D eigenvalue weighted by Crippen LogP contribution is -2.40. The average Bonchev–Trinajstić information content (AvgIpc) is 3.58. The van der Waals surface area contributed by atoms with Crippen molar-refractivity contribution < 1.29 is 18.4 Å². The first-order chi connectivity index (χ1) is 14.3. The van der Waals surface area contributed by atoms with Crippen LogP contribution in [0, 0.1) is 0 Å². The van der Waals surface area contributed by atoms with Gasteiger partial charge in [-0.1, -0.05) is 31.9 Å². The minimum Gasteiger partial charge on any atom is -0.351 e. The molecule has 0 unspecified atom stereocenters. The second-order valence-electron chi connectivity index (χ2n) is 8.40. The van der Waals surface area contributed by atoms with Crippen LogP contribution in [0.4, 0.5) is 8.78 Å². The lowest BCUT2D eigenvalue weighted by atomic mass is 9.87. The van der Waals surface area contributed by atoms with Crippen LogP contribution >= 0.6 is 31.9 Å². The van der Waals surface area contributed by atoms with E-state index in [1.54, 1.807) is 12.1 Å². The number of halogens is 4. The van der Waals surface area contributed by atoms with Gasteiger partial charge in [0.25, 0.3) is 11.8 Å². The molecular weight excluding hydrogens is 522 g/mol. The van der Waals surface area contributed by atoms with Gasteiger partial charge in [-0.2, -0.15) is 0 Å². The van der Waals surface area contributed by atoms with E-state index in [1.807, 2.05) is 24.3 Å². The number of carbonyl (C=O) groups excluding carboxylic acids is 2. The molecule has 2 amide bonds. The van der Waals surface area contributed by atoms with E-state index in [0.29, 0.717) is 37.1 Å². The molecule has 2 aliphatic carbocycles. The lowest BCUT2D eigenvalue weighted by molar-refractivity contribution is 0.0927. The molecule has 2 fully saturated rings. The maximum absolute atomic E-state index is 13.4. The summed E-state index contributed by atoms with van der Waals surface area (Å²) in [7, 11) is 0. The smallest absolute Gasteiger partial charge is 0.251 e. The minimum atomic E-state index is -0.814. The molecule has 156 valence electrons. The first kappa shape index (κ1) is 20.1. The summed E-state index contributed by atoms with van der Waals surface area (Å²) in [6.45, 7) is 0.854. The summed E-state index contributed by atoms with van der Waals surface area (Å²) in [6, 6.07) is 10.9. The van der Waals surface area contributed by atoms with Crippen LogP contribution in [-0.4, -0.2) is 37.2 Å². The Kier molecular flexibility index (Phi) is 4.60. The number of nitrogens with one attached hydrogen (secondary N) is 2. The second-order valence-corrected chi connectivity index (χ2v) is 10.2. The summed E-state index contributed by atoms with van der Waals surface area (Å²) in [5.74, 6) is -0.190. The van der Waals surface area contributed by atoms with Crippen molar-refractivity contribution >= 4 is 43.7 Å². The quantitative estimate of drug-likeness (QED) is 0.523. The zero-order valence-corrected chi connectivity index (χ0v) is 18.9. The summed E-state index contributed by atoms with van der Waals surface area (Å²) in [5.41, 5.74) is 2.07. The number of fused-ring (bicyclic) bond motifs is 4. The van der Waals surface area contributed by atoms with Crippen molar-refractivity contribution in [2.45, 2.75) is 36.0 Å². The van der Waals surface area contributed by atoms with Crippen LogP contribution in [0.15, 0.2) is 45.3 Å². The Bertz CT molecular complexity index is 1010. The predicted molar refractivity (Wildman–Crippen MR) is 115 cm³/mol. The van der Waals surface area contributed by atoms with Crippen LogP contribution < -0.4 is 10.6 Å². The molecule has 30 heavy (non-hydrogen) atoms. The molecule has 4 nitrogen and oxygen atoms in total. The number of hydrogen-bond acceptors (Lipinski definition) is 2. The Balaban J connectivity index is 0.000000128. The first-order valence-corrected chi connectivity index (χ1v) is 11.3. The van der Waals surface area contributed by atoms with E-state index in [0.717, 1.165) is 20.1 Å². The summed E-state index contributed by atoms with van der Waals surface area (Å²) in [6.07, 6.45) is -0.578. The van der Waals surface area contributed by atoms with Gasteiger partial charge in [0.15, 0.2) is 0 Å². The number of carbonyl (C=O) groups is 2. The summed E-state index contributed by atoms with van der Waals surface area (Å²) >= 11 is 6.71. The second kappa shape index (κ2) is 6.85. The highest BCUT2D eigenvalue weighted by Crippen LogP contribution is 2.54. The van der Waals surface area contributed by atoms with Gasteiger partial charge in [0, 0.05) is 44.0 Å². The van der Waals surface area contributed by atoms with Gasteiger partial charge in [-0.15, -0.1) is 0 Å². The van der Waals surface area contributed by atoms with E-state index in [4.69, 9.17) is 0 Å². The highest BCUT2D eigenvalue weighted by Gasteiger charge is 2.60. The van der Waals surface area contributed by atoms with Crippen LogP contribution in [0.5, 0.6) is 0 Å². The number of rotatable bonds is 0. The van der Waals surface area contributed by atoms with Gasteiger partial charge in [-0.3, -0.25) is 9.59 Å². The van der Waals surface area contributed by atoms with E-state index >= 15 is 0 Å². The molecule has 2 aliphatic heterocycles. The molecule has 0 aromatic heterocycles. The molecule has 0 bridgehead atoms. The lowest BCUT2D eigenvalue weighted by Gasteiger charge is -2.25. The van der Waals surface area contributed by atoms with E-state index in [2.05, 4.69) is 42.5 Å². The third-order valence-corrected chi connectivity index (χ3v) is 7.61. The molecule has 0 saturated heterocycles. The normalized spacial score (nSPS) is 32.4. The maximum atomic E-state index is 13.4. The van der Waals surface area contributed by atoms with E-state index in [-0.39, 0.29) is 11.8 Å². The number of hydrogen-bond donors (Lipinski definition) is 2. The van der Waals surface area contributed by atoms with Crippen molar-refractivity contribution in [3.63, 3.8) is 0 Å². The number of benzene rings is 2. The van der Waals surface area contributed by atoms with E-state index < -0.39 is 23.2 Å². The monoisotopic (exact) mass is 538 g/mol. The Morgan fingerprint density at radius 1 is 0.767 bits per heavy atom. The van der Waals surface area contributed by atoms with Gasteiger partial charge in [-0.25, -0.2) is 8.78 Å². The Morgan fingerprint density at radius 3 is 1.47 bits per heavy atom. The third kappa shape index (κ3) is 3.02. The highest BCUT2D eigenvalue weighted by atomic mass is 79.9. The van der Waals surface area contributed by atoms with Crippen molar-refractivity contribution in [1.29, 1.82) is 0 Å². The fraction of sp³-hybridized carbons (Fsp3) is 0.364. The largest absolute Gasteiger partial charge is 0.351 e. The Labute approximate surface area is 189 Å². The van der Waals surface area contributed by atoms with Crippen molar-refractivity contribution in [3.05, 3.63) is 67.6 Å². The summed E-state index contributed by atoms with van der Waals surface area (Å²) < 4.78 is 28.6. The molecule has 6 rings (SSSR count). The number of alkyl halides is 2. The van der Waals surface area contributed by atoms with Crippen LogP contribution in [0.2, 0.25) is 0 Å². The first-order valence-electron chi connectivity index (χ1n) is 9.71. The van der Waals surface area contributed by atoms with Crippen LogP contribution in [-0.2, 0) is 10.8 Å². The van der Waals surface area contributed by atoms with Crippen molar-refractivity contribution in [2.24, 2.45) is 0 Å². The molecule has 4 atom stereocenters. The standard InChI is InChI=1S/2C11H9BrFNO/c2*12-6-1-2-7-8(3-6)11(4-9(11)13)5-14-10(7)15/h2*1-3,9H,4-5H2,(H,14,15)/t2*9-,11-/m10/s1. The molecule has 4 aliphatic rings. The van der Waals surface area contributed by atoms with Gasteiger partial charge in [0.1, 0.15) is 12.3 Å². The van der Waals surface area contributed by atoms with Crippen molar-refractivity contribution in [1.82, 2.24) is 10.6 Å². The van der Waals surface area contributed by atoms with Gasteiger partial charge in [0.05, 0.1) is 0 Å².